The molecule has 3 heteroatoms. The van der Waals surface area contributed by atoms with E-state index in [-0.39, 0.29) is 5.91 Å². The van der Waals surface area contributed by atoms with Crippen molar-refractivity contribution >= 4 is 5.91 Å². The van der Waals surface area contributed by atoms with Gasteiger partial charge in [-0.25, -0.2) is 0 Å². The van der Waals surface area contributed by atoms with Gasteiger partial charge in [-0.05, 0) is 29.7 Å². The summed E-state index contributed by atoms with van der Waals surface area (Å²) in [5.74, 6) is 1.10. The maximum Gasteiger partial charge on any atom is 0.251 e. The molecular weight excluding hydrogens is 190 g/mol. The Kier molecular flexibility index (Phi) is 3.72. The number of amides is 1. The van der Waals surface area contributed by atoms with Crippen LogP contribution in [0.1, 0.15) is 35.7 Å². The van der Waals surface area contributed by atoms with Crippen molar-refractivity contribution in [1.82, 2.24) is 5.32 Å². The molecule has 15 heavy (non-hydrogen) atoms. The molecule has 0 aliphatic rings. The van der Waals surface area contributed by atoms with Crippen LogP contribution in [0.15, 0.2) is 18.2 Å². The number of hydrogen-bond donors (Lipinski definition) is 1. The van der Waals surface area contributed by atoms with E-state index in [2.05, 4.69) is 19.2 Å². The van der Waals surface area contributed by atoms with E-state index in [1.165, 1.54) is 0 Å². The van der Waals surface area contributed by atoms with Crippen LogP contribution < -0.4 is 10.1 Å². The van der Waals surface area contributed by atoms with Gasteiger partial charge in [-0.3, -0.25) is 4.79 Å². The number of nitrogens with one attached hydrogen (secondary N) is 1. The monoisotopic (exact) mass is 207 g/mol. The highest BCUT2D eigenvalue weighted by molar-refractivity contribution is 5.94. The average molecular weight is 207 g/mol. The minimum Gasteiger partial charge on any atom is -0.496 e. The van der Waals surface area contributed by atoms with E-state index in [1.807, 2.05) is 12.1 Å². The van der Waals surface area contributed by atoms with Crippen LogP contribution in [0.4, 0.5) is 0 Å². The molecule has 0 unspecified atom stereocenters. The molecule has 0 aromatic heterocycles. The van der Waals surface area contributed by atoms with Crippen molar-refractivity contribution in [2.45, 2.75) is 19.8 Å². The number of ether oxygens (including phenoxy) is 1. The molecule has 0 heterocycles. The summed E-state index contributed by atoms with van der Waals surface area (Å²) in [4.78, 5) is 11.4. The van der Waals surface area contributed by atoms with Gasteiger partial charge in [0.15, 0.2) is 0 Å². The molecular formula is C12H17NO2. The zero-order valence-electron chi connectivity index (χ0n) is 9.63. The molecule has 0 radical (unpaired) electrons. The van der Waals surface area contributed by atoms with Crippen LogP contribution in [0.3, 0.4) is 0 Å². The first-order valence-corrected chi connectivity index (χ1v) is 5.00. The maximum atomic E-state index is 11.4. The Morgan fingerprint density at radius 1 is 1.40 bits per heavy atom. The quantitative estimate of drug-likeness (QED) is 0.825. The highest BCUT2D eigenvalue weighted by atomic mass is 16.5. The van der Waals surface area contributed by atoms with Crippen LogP contribution in [0.5, 0.6) is 5.75 Å². The van der Waals surface area contributed by atoms with Crippen molar-refractivity contribution in [3.63, 3.8) is 0 Å². The maximum absolute atomic E-state index is 11.4. The van der Waals surface area contributed by atoms with E-state index < -0.39 is 0 Å². The summed E-state index contributed by atoms with van der Waals surface area (Å²) >= 11 is 0. The third-order valence-electron chi connectivity index (χ3n) is 2.34. The van der Waals surface area contributed by atoms with E-state index in [4.69, 9.17) is 4.74 Å². The first-order chi connectivity index (χ1) is 7.10. The van der Waals surface area contributed by atoms with Crippen LogP contribution in [-0.4, -0.2) is 20.1 Å². The molecule has 0 bridgehead atoms. The van der Waals surface area contributed by atoms with Gasteiger partial charge in [-0.15, -0.1) is 0 Å². The lowest BCUT2D eigenvalue weighted by molar-refractivity contribution is 0.0963. The van der Waals surface area contributed by atoms with Crippen molar-refractivity contribution in [3.8, 4) is 5.75 Å². The summed E-state index contributed by atoms with van der Waals surface area (Å²) in [6.45, 7) is 4.15. The third kappa shape index (κ3) is 2.49. The molecule has 1 rings (SSSR count). The second kappa shape index (κ2) is 4.82. The zero-order chi connectivity index (χ0) is 11.4. The smallest absolute Gasteiger partial charge is 0.251 e. The van der Waals surface area contributed by atoms with Gasteiger partial charge in [0.2, 0.25) is 0 Å². The van der Waals surface area contributed by atoms with Crippen molar-refractivity contribution in [2.24, 2.45) is 0 Å². The minimum absolute atomic E-state index is 0.0699. The molecule has 3 nitrogen and oxygen atoms in total. The number of rotatable bonds is 3. The van der Waals surface area contributed by atoms with Gasteiger partial charge < -0.3 is 10.1 Å². The largest absolute Gasteiger partial charge is 0.496 e. The zero-order valence-corrected chi connectivity index (χ0v) is 9.63. The molecule has 0 fully saturated rings. The molecule has 0 atom stereocenters. The van der Waals surface area contributed by atoms with E-state index in [0.717, 1.165) is 11.3 Å². The van der Waals surface area contributed by atoms with Crippen molar-refractivity contribution < 1.29 is 9.53 Å². The lowest BCUT2D eigenvalue weighted by atomic mass is 9.99. The number of benzene rings is 1. The number of carbonyl (C=O) groups excluding carboxylic acids is 1. The fraction of sp³-hybridized carbons (Fsp3) is 0.417. The molecule has 0 spiro atoms. The third-order valence-corrected chi connectivity index (χ3v) is 2.34. The Morgan fingerprint density at radius 3 is 2.53 bits per heavy atom. The fourth-order valence-electron chi connectivity index (χ4n) is 1.47. The molecule has 1 aromatic carbocycles. The number of carbonyl (C=O) groups is 1. The van der Waals surface area contributed by atoms with E-state index in [1.54, 1.807) is 20.2 Å². The van der Waals surface area contributed by atoms with Crippen LogP contribution >= 0.6 is 0 Å². The molecule has 1 amide bonds. The highest BCUT2D eigenvalue weighted by Crippen LogP contribution is 2.27. The van der Waals surface area contributed by atoms with Gasteiger partial charge >= 0.3 is 0 Å². The lowest BCUT2D eigenvalue weighted by Crippen LogP contribution is -2.18. The predicted molar refractivity (Wildman–Crippen MR) is 60.5 cm³/mol. The molecule has 0 saturated heterocycles. The van der Waals surface area contributed by atoms with Crippen molar-refractivity contribution in [3.05, 3.63) is 29.3 Å². The second-order valence-electron chi connectivity index (χ2n) is 3.69. The summed E-state index contributed by atoms with van der Waals surface area (Å²) in [7, 11) is 3.27. The minimum atomic E-state index is -0.0699. The first-order valence-electron chi connectivity index (χ1n) is 5.00. The van der Waals surface area contributed by atoms with Gasteiger partial charge in [-0.1, -0.05) is 13.8 Å². The van der Waals surface area contributed by atoms with E-state index in [9.17, 15) is 4.79 Å². The summed E-state index contributed by atoms with van der Waals surface area (Å²) in [5.41, 5.74) is 1.72. The van der Waals surface area contributed by atoms with Gasteiger partial charge in [0.25, 0.3) is 5.91 Å². The SMILES string of the molecule is CNC(=O)c1ccc(OC)c(C(C)C)c1. The standard InChI is InChI=1S/C12H17NO2/c1-8(2)10-7-9(12(14)13-3)5-6-11(10)15-4/h5-8H,1-4H3,(H,13,14). The summed E-state index contributed by atoms with van der Waals surface area (Å²) < 4.78 is 5.24. The summed E-state index contributed by atoms with van der Waals surface area (Å²) in [6, 6.07) is 5.48. The topological polar surface area (TPSA) is 38.3 Å². The highest BCUT2D eigenvalue weighted by Gasteiger charge is 2.11. The predicted octanol–water partition coefficient (Wildman–Crippen LogP) is 2.18. The molecule has 0 saturated carbocycles. The van der Waals surface area contributed by atoms with Gasteiger partial charge in [0.05, 0.1) is 7.11 Å². The van der Waals surface area contributed by atoms with Crippen LogP contribution in [-0.2, 0) is 0 Å². The van der Waals surface area contributed by atoms with Crippen LogP contribution in [0, 0.1) is 0 Å². The molecule has 0 aliphatic carbocycles. The average Bonchev–Trinajstić information content (AvgIpc) is 2.27. The second-order valence-corrected chi connectivity index (χ2v) is 3.69. The van der Waals surface area contributed by atoms with Crippen molar-refractivity contribution in [2.75, 3.05) is 14.2 Å². The van der Waals surface area contributed by atoms with Crippen molar-refractivity contribution in [1.29, 1.82) is 0 Å². The first kappa shape index (κ1) is 11.6. The number of hydrogen-bond acceptors (Lipinski definition) is 2. The van der Waals surface area contributed by atoms with Gasteiger partial charge in [0, 0.05) is 12.6 Å². The Morgan fingerprint density at radius 2 is 2.07 bits per heavy atom. The molecule has 1 N–H and O–H groups in total. The van der Waals surface area contributed by atoms with E-state index in [0.29, 0.717) is 11.5 Å². The Hall–Kier alpha value is -1.51. The lowest BCUT2D eigenvalue weighted by Gasteiger charge is -2.12. The van der Waals surface area contributed by atoms with Crippen LogP contribution in [0.2, 0.25) is 0 Å². The van der Waals surface area contributed by atoms with Gasteiger partial charge in [0.1, 0.15) is 5.75 Å². The molecule has 82 valence electrons. The number of methoxy groups -OCH3 is 1. The van der Waals surface area contributed by atoms with E-state index >= 15 is 0 Å². The Labute approximate surface area is 90.4 Å². The normalized spacial score (nSPS) is 10.2. The Bertz CT molecular complexity index is 359. The summed E-state index contributed by atoms with van der Waals surface area (Å²) in [5, 5.41) is 2.61. The molecule has 1 aromatic rings. The van der Waals surface area contributed by atoms with Gasteiger partial charge in [-0.2, -0.15) is 0 Å². The molecule has 0 aliphatic heterocycles. The summed E-state index contributed by atoms with van der Waals surface area (Å²) in [6.07, 6.45) is 0. The van der Waals surface area contributed by atoms with Crippen LogP contribution in [0.25, 0.3) is 0 Å². The Balaban J connectivity index is 3.16. The fourth-order valence-corrected chi connectivity index (χ4v) is 1.47.